The van der Waals surface area contributed by atoms with Crippen LogP contribution in [0.1, 0.15) is 16.8 Å². The van der Waals surface area contributed by atoms with Crippen LogP contribution in [0.4, 0.5) is 0 Å². The van der Waals surface area contributed by atoms with Gasteiger partial charge in [-0.25, -0.2) is 0 Å². The van der Waals surface area contributed by atoms with Crippen molar-refractivity contribution in [3.8, 4) is 5.75 Å². The topological polar surface area (TPSA) is 92.9 Å². The van der Waals surface area contributed by atoms with E-state index in [-0.39, 0.29) is 12.5 Å². The van der Waals surface area contributed by atoms with Crippen molar-refractivity contribution in [2.24, 2.45) is 5.73 Å². The first-order chi connectivity index (χ1) is 9.06. The van der Waals surface area contributed by atoms with E-state index in [9.17, 15) is 14.7 Å². The van der Waals surface area contributed by atoms with Crippen molar-refractivity contribution in [1.82, 2.24) is 4.90 Å². The number of aliphatic hydroxyl groups excluding tert-OH is 1. The lowest BCUT2D eigenvalue weighted by Gasteiger charge is -2.15. The van der Waals surface area contributed by atoms with Crippen molar-refractivity contribution >= 4 is 11.8 Å². The number of benzene rings is 1. The fourth-order valence-electron chi connectivity index (χ4n) is 1.96. The van der Waals surface area contributed by atoms with Gasteiger partial charge in [0.05, 0.1) is 6.10 Å². The Bertz CT molecular complexity index is 472. The molecular weight excluding hydrogens is 248 g/mol. The average Bonchev–Trinajstić information content (AvgIpc) is 2.83. The fraction of sp³-hybridized carbons (Fsp3) is 0.385. The van der Waals surface area contributed by atoms with Crippen molar-refractivity contribution in [2.75, 3.05) is 19.7 Å². The molecule has 1 heterocycles. The Kier molecular flexibility index (Phi) is 4.01. The highest BCUT2D eigenvalue weighted by molar-refractivity contribution is 5.94. The van der Waals surface area contributed by atoms with E-state index in [2.05, 4.69) is 0 Å². The van der Waals surface area contributed by atoms with Gasteiger partial charge in [0.2, 0.25) is 0 Å². The largest absolute Gasteiger partial charge is 0.484 e. The molecule has 0 radical (unpaired) electrons. The third kappa shape index (κ3) is 3.45. The molecule has 1 aliphatic rings. The minimum absolute atomic E-state index is 0.113. The van der Waals surface area contributed by atoms with Gasteiger partial charge >= 0.3 is 0 Å². The molecule has 0 saturated carbocycles. The van der Waals surface area contributed by atoms with E-state index in [0.717, 1.165) is 0 Å². The van der Waals surface area contributed by atoms with Crippen LogP contribution in [-0.4, -0.2) is 47.6 Å². The third-order valence-corrected chi connectivity index (χ3v) is 2.93. The first kappa shape index (κ1) is 13.4. The van der Waals surface area contributed by atoms with E-state index in [1.807, 2.05) is 0 Å². The summed E-state index contributed by atoms with van der Waals surface area (Å²) in [6.07, 6.45) is 0.188. The predicted octanol–water partition coefficient (Wildman–Crippen LogP) is -0.242. The van der Waals surface area contributed by atoms with Crippen LogP contribution < -0.4 is 10.5 Å². The summed E-state index contributed by atoms with van der Waals surface area (Å²) in [7, 11) is 0. The van der Waals surface area contributed by atoms with Gasteiger partial charge in [-0.05, 0) is 30.7 Å². The van der Waals surface area contributed by atoms with Crippen LogP contribution in [0.25, 0.3) is 0 Å². The molecule has 2 amide bonds. The Morgan fingerprint density at radius 1 is 1.37 bits per heavy atom. The van der Waals surface area contributed by atoms with Gasteiger partial charge < -0.3 is 20.5 Å². The van der Waals surface area contributed by atoms with E-state index in [1.165, 1.54) is 0 Å². The van der Waals surface area contributed by atoms with Gasteiger partial charge in [-0.15, -0.1) is 0 Å². The van der Waals surface area contributed by atoms with Crippen LogP contribution in [0.5, 0.6) is 5.75 Å². The molecule has 6 heteroatoms. The number of primary amides is 1. The van der Waals surface area contributed by atoms with Gasteiger partial charge in [-0.2, -0.15) is 0 Å². The second-order valence-electron chi connectivity index (χ2n) is 4.47. The molecule has 1 atom stereocenters. The van der Waals surface area contributed by atoms with Crippen molar-refractivity contribution in [2.45, 2.75) is 12.5 Å². The maximum atomic E-state index is 12.1. The molecule has 102 valence electrons. The second-order valence-corrected chi connectivity index (χ2v) is 4.47. The lowest BCUT2D eigenvalue weighted by Crippen LogP contribution is -2.29. The van der Waals surface area contributed by atoms with Crippen LogP contribution >= 0.6 is 0 Å². The van der Waals surface area contributed by atoms with Gasteiger partial charge in [0.25, 0.3) is 11.8 Å². The number of likely N-dealkylation sites (tertiary alicyclic amines) is 1. The maximum Gasteiger partial charge on any atom is 0.255 e. The molecule has 1 unspecified atom stereocenters. The summed E-state index contributed by atoms with van der Waals surface area (Å²) in [6, 6.07) is 6.48. The number of carbonyl (C=O) groups is 2. The number of nitrogens with two attached hydrogens (primary N) is 1. The Morgan fingerprint density at radius 2 is 2.05 bits per heavy atom. The lowest BCUT2D eigenvalue weighted by molar-refractivity contribution is -0.119. The number of rotatable bonds is 4. The quantitative estimate of drug-likeness (QED) is 0.784. The van der Waals surface area contributed by atoms with E-state index in [4.69, 9.17) is 10.5 Å². The maximum absolute atomic E-state index is 12.1. The first-order valence-corrected chi connectivity index (χ1v) is 6.05. The molecule has 0 aromatic heterocycles. The number of nitrogens with zero attached hydrogens (tertiary/aromatic N) is 1. The highest BCUT2D eigenvalue weighted by Crippen LogP contribution is 2.16. The second kappa shape index (κ2) is 5.71. The van der Waals surface area contributed by atoms with Crippen molar-refractivity contribution in [3.05, 3.63) is 29.8 Å². The normalized spacial score (nSPS) is 18.4. The van der Waals surface area contributed by atoms with Crippen LogP contribution in [-0.2, 0) is 4.79 Å². The molecular formula is C13H16N2O4. The van der Waals surface area contributed by atoms with Crippen LogP contribution in [0, 0.1) is 0 Å². The average molecular weight is 264 g/mol. The molecule has 6 nitrogen and oxygen atoms in total. The van der Waals surface area contributed by atoms with Crippen molar-refractivity contribution < 1.29 is 19.4 Å². The summed E-state index contributed by atoms with van der Waals surface area (Å²) >= 11 is 0. The SMILES string of the molecule is NC(=O)COc1ccc(C(=O)N2CCC(O)C2)cc1. The number of ether oxygens (including phenoxy) is 1. The molecule has 0 bridgehead atoms. The van der Waals surface area contributed by atoms with E-state index in [1.54, 1.807) is 29.2 Å². The zero-order valence-electron chi connectivity index (χ0n) is 10.4. The monoisotopic (exact) mass is 264 g/mol. The molecule has 19 heavy (non-hydrogen) atoms. The summed E-state index contributed by atoms with van der Waals surface area (Å²) in [4.78, 5) is 24.3. The summed E-state index contributed by atoms with van der Waals surface area (Å²) in [5.41, 5.74) is 5.49. The molecule has 1 fully saturated rings. The first-order valence-electron chi connectivity index (χ1n) is 6.05. The molecule has 0 aliphatic carbocycles. The Hall–Kier alpha value is -2.08. The standard InChI is InChI=1S/C13H16N2O4/c14-12(17)8-19-11-3-1-9(2-4-11)13(18)15-6-5-10(16)7-15/h1-4,10,16H,5-8H2,(H2,14,17). The highest BCUT2D eigenvalue weighted by Gasteiger charge is 2.25. The van der Waals surface area contributed by atoms with Gasteiger partial charge in [0, 0.05) is 18.7 Å². The molecule has 1 aromatic rings. The summed E-state index contributed by atoms with van der Waals surface area (Å²) in [5, 5.41) is 9.40. The predicted molar refractivity (Wildman–Crippen MR) is 67.7 cm³/mol. The van der Waals surface area contributed by atoms with Gasteiger partial charge in [0.1, 0.15) is 5.75 Å². The number of β-amino-alcohol motifs (C(OH)–C–C–N with tert-alkyl or cyclic N) is 1. The highest BCUT2D eigenvalue weighted by atomic mass is 16.5. The molecule has 3 N–H and O–H groups in total. The lowest BCUT2D eigenvalue weighted by atomic mass is 10.2. The number of carbonyl (C=O) groups excluding carboxylic acids is 2. The number of aliphatic hydroxyl groups is 1. The molecule has 0 spiro atoms. The zero-order chi connectivity index (χ0) is 13.8. The molecule has 1 saturated heterocycles. The zero-order valence-corrected chi connectivity index (χ0v) is 10.4. The van der Waals surface area contributed by atoms with Crippen molar-refractivity contribution in [3.63, 3.8) is 0 Å². The minimum atomic E-state index is -0.550. The van der Waals surface area contributed by atoms with Crippen LogP contribution in [0.3, 0.4) is 0 Å². The van der Waals surface area contributed by atoms with Crippen LogP contribution in [0.2, 0.25) is 0 Å². The Morgan fingerprint density at radius 3 is 2.58 bits per heavy atom. The van der Waals surface area contributed by atoms with E-state index < -0.39 is 12.0 Å². The molecule has 1 aliphatic heterocycles. The van der Waals surface area contributed by atoms with E-state index in [0.29, 0.717) is 30.8 Å². The van der Waals surface area contributed by atoms with E-state index >= 15 is 0 Å². The summed E-state index contributed by atoms with van der Waals surface area (Å²) in [6.45, 7) is 0.754. The Labute approximate surface area is 110 Å². The summed E-state index contributed by atoms with van der Waals surface area (Å²) in [5.74, 6) is -0.180. The molecule has 1 aromatic carbocycles. The smallest absolute Gasteiger partial charge is 0.255 e. The van der Waals surface area contributed by atoms with Crippen molar-refractivity contribution in [1.29, 1.82) is 0 Å². The van der Waals surface area contributed by atoms with Gasteiger partial charge in [-0.3, -0.25) is 9.59 Å². The number of amides is 2. The summed E-state index contributed by atoms with van der Waals surface area (Å²) < 4.78 is 5.11. The van der Waals surface area contributed by atoms with Crippen LogP contribution in [0.15, 0.2) is 24.3 Å². The molecule has 2 rings (SSSR count). The van der Waals surface area contributed by atoms with Gasteiger partial charge in [0.15, 0.2) is 6.61 Å². The third-order valence-electron chi connectivity index (χ3n) is 2.93. The number of hydrogen-bond acceptors (Lipinski definition) is 4. The van der Waals surface area contributed by atoms with Gasteiger partial charge in [-0.1, -0.05) is 0 Å². The Balaban J connectivity index is 1.97. The fourth-order valence-corrected chi connectivity index (χ4v) is 1.96. The minimum Gasteiger partial charge on any atom is -0.484 e. The number of hydrogen-bond donors (Lipinski definition) is 2.